The molecule has 0 aliphatic rings. The number of imidazole rings is 1. The van der Waals surface area contributed by atoms with Gasteiger partial charge in [0.25, 0.3) is 5.91 Å². The molecule has 0 N–H and O–H groups in total. The first-order chi connectivity index (χ1) is 11.6. The van der Waals surface area contributed by atoms with Gasteiger partial charge < -0.3 is 14.2 Å². The molecule has 24 heavy (non-hydrogen) atoms. The minimum Gasteiger partial charge on any atom is -0.483 e. The molecule has 0 saturated heterocycles. The minimum absolute atomic E-state index is 0.0385. The second-order valence-electron chi connectivity index (χ2n) is 6.02. The maximum Gasteiger partial charge on any atom is 0.260 e. The van der Waals surface area contributed by atoms with Crippen LogP contribution in [0.3, 0.4) is 0 Å². The third kappa shape index (κ3) is 4.37. The Morgan fingerprint density at radius 1 is 1.33 bits per heavy atom. The van der Waals surface area contributed by atoms with Crippen LogP contribution in [0, 0.1) is 0 Å². The molecule has 0 fully saturated rings. The van der Waals surface area contributed by atoms with Crippen molar-refractivity contribution in [1.82, 2.24) is 14.5 Å². The molecule has 130 valence electrons. The number of rotatable bonds is 8. The van der Waals surface area contributed by atoms with Gasteiger partial charge in [0.05, 0.1) is 6.54 Å². The maximum atomic E-state index is 12.4. The molecule has 0 aliphatic carbocycles. The number of aromatic nitrogens is 2. The van der Waals surface area contributed by atoms with Crippen LogP contribution in [-0.2, 0) is 17.9 Å². The Balaban J connectivity index is 1.96. The van der Waals surface area contributed by atoms with Gasteiger partial charge in [-0.3, -0.25) is 4.79 Å². The first kappa shape index (κ1) is 18.0. The molecule has 0 saturated carbocycles. The standard InChI is InChI=1S/C19H27N3O2/c1-5-15(3)16-9-7-8-10-17(16)24-14-19(23)21(4)13-18-20-11-12-22(18)6-2/h7-12,15H,5-6,13-14H2,1-4H3. The van der Waals surface area contributed by atoms with E-state index in [2.05, 4.69) is 31.8 Å². The van der Waals surface area contributed by atoms with Crippen LogP contribution in [0.2, 0.25) is 0 Å². The summed E-state index contributed by atoms with van der Waals surface area (Å²) in [5, 5.41) is 0. The van der Waals surface area contributed by atoms with Crippen LogP contribution in [0.25, 0.3) is 0 Å². The molecule has 1 aromatic carbocycles. The molecule has 1 unspecified atom stereocenters. The summed E-state index contributed by atoms with van der Waals surface area (Å²) in [6, 6.07) is 7.94. The highest BCUT2D eigenvalue weighted by molar-refractivity contribution is 5.77. The fourth-order valence-corrected chi connectivity index (χ4v) is 2.57. The highest BCUT2D eigenvalue weighted by Crippen LogP contribution is 2.28. The Morgan fingerprint density at radius 3 is 2.79 bits per heavy atom. The number of carbonyl (C=O) groups excluding carboxylic acids is 1. The fraction of sp³-hybridized carbons (Fsp3) is 0.474. The van der Waals surface area contributed by atoms with E-state index < -0.39 is 0 Å². The molecule has 5 heteroatoms. The molecule has 1 amide bonds. The monoisotopic (exact) mass is 329 g/mol. The molecule has 0 radical (unpaired) electrons. The quantitative estimate of drug-likeness (QED) is 0.745. The first-order valence-corrected chi connectivity index (χ1v) is 8.52. The predicted molar refractivity (Wildman–Crippen MR) is 95.0 cm³/mol. The number of nitrogens with zero attached hydrogens (tertiary/aromatic N) is 3. The molecule has 2 aromatic rings. The van der Waals surface area contributed by atoms with Crippen molar-refractivity contribution >= 4 is 5.91 Å². The lowest BCUT2D eigenvalue weighted by Crippen LogP contribution is -2.32. The number of likely N-dealkylation sites (N-methyl/N-ethyl adjacent to an activating group) is 1. The van der Waals surface area contributed by atoms with Crippen LogP contribution >= 0.6 is 0 Å². The molecule has 0 bridgehead atoms. The summed E-state index contributed by atoms with van der Waals surface area (Å²) in [5.74, 6) is 2.03. The van der Waals surface area contributed by atoms with Crippen molar-refractivity contribution in [2.45, 2.75) is 46.2 Å². The SMILES string of the molecule is CCC(C)c1ccccc1OCC(=O)N(C)Cc1nccn1CC. The van der Waals surface area contributed by atoms with E-state index in [1.54, 1.807) is 18.1 Å². The average molecular weight is 329 g/mol. The minimum atomic E-state index is -0.0559. The van der Waals surface area contributed by atoms with E-state index in [1.807, 2.05) is 29.0 Å². The lowest BCUT2D eigenvalue weighted by Gasteiger charge is -2.19. The van der Waals surface area contributed by atoms with Crippen molar-refractivity contribution < 1.29 is 9.53 Å². The zero-order valence-corrected chi connectivity index (χ0v) is 15.0. The van der Waals surface area contributed by atoms with Gasteiger partial charge >= 0.3 is 0 Å². The number of carbonyl (C=O) groups is 1. The fourth-order valence-electron chi connectivity index (χ4n) is 2.57. The highest BCUT2D eigenvalue weighted by Gasteiger charge is 2.15. The van der Waals surface area contributed by atoms with Gasteiger partial charge in [-0.15, -0.1) is 0 Å². The van der Waals surface area contributed by atoms with Gasteiger partial charge in [-0.05, 0) is 30.9 Å². The van der Waals surface area contributed by atoms with Gasteiger partial charge in [-0.2, -0.15) is 0 Å². The van der Waals surface area contributed by atoms with Crippen molar-refractivity contribution in [3.63, 3.8) is 0 Å². The predicted octanol–water partition coefficient (Wildman–Crippen LogP) is 3.45. The van der Waals surface area contributed by atoms with Crippen LogP contribution in [0.5, 0.6) is 5.75 Å². The van der Waals surface area contributed by atoms with Gasteiger partial charge in [0.15, 0.2) is 6.61 Å². The van der Waals surface area contributed by atoms with Gasteiger partial charge in [-0.1, -0.05) is 32.0 Å². The zero-order chi connectivity index (χ0) is 17.5. The number of hydrogen-bond acceptors (Lipinski definition) is 3. The van der Waals surface area contributed by atoms with E-state index >= 15 is 0 Å². The molecule has 2 rings (SSSR count). The molecule has 0 aliphatic heterocycles. The van der Waals surface area contributed by atoms with Crippen LogP contribution in [0.1, 0.15) is 44.5 Å². The van der Waals surface area contributed by atoms with Crippen LogP contribution in [0.4, 0.5) is 0 Å². The number of hydrogen-bond donors (Lipinski definition) is 0. The third-order valence-electron chi connectivity index (χ3n) is 4.36. The zero-order valence-electron chi connectivity index (χ0n) is 15.0. The van der Waals surface area contributed by atoms with E-state index in [0.717, 1.165) is 30.1 Å². The topological polar surface area (TPSA) is 47.4 Å². The number of amides is 1. The van der Waals surface area contributed by atoms with Crippen molar-refractivity contribution in [2.24, 2.45) is 0 Å². The molecule has 1 heterocycles. The Labute approximate surface area is 144 Å². The lowest BCUT2D eigenvalue weighted by atomic mass is 9.98. The van der Waals surface area contributed by atoms with E-state index in [-0.39, 0.29) is 12.5 Å². The average Bonchev–Trinajstić information content (AvgIpc) is 3.06. The largest absolute Gasteiger partial charge is 0.483 e. The Morgan fingerprint density at radius 2 is 2.08 bits per heavy atom. The summed E-state index contributed by atoms with van der Waals surface area (Å²) >= 11 is 0. The van der Waals surface area contributed by atoms with Crippen LogP contribution in [-0.4, -0.2) is 34.0 Å². The second-order valence-corrected chi connectivity index (χ2v) is 6.02. The van der Waals surface area contributed by atoms with E-state index in [4.69, 9.17) is 4.74 Å². The molecular formula is C19H27N3O2. The van der Waals surface area contributed by atoms with Crippen LogP contribution < -0.4 is 4.74 Å². The summed E-state index contributed by atoms with van der Waals surface area (Å²) < 4.78 is 7.83. The highest BCUT2D eigenvalue weighted by atomic mass is 16.5. The lowest BCUT2D eigenvalue weighted by molar-refractivity contribution is -0.132. The Kier molecular flexibility index (Phi) is 6.41. The van der Waals surface area contributed by atoms with Gasteiger partial charge in [0.1, 0.15) is 11.6 Å². The summed E-state index contributed by atoms with van der Waals surface area (Å²) in [4.78, 5) is 18.3. The normalized spacial score (nSPS) is 12.0. The molecule has 1 atom stereocenters. The van der Waals surface area contributed by atoms with Gasteiger partial charge in [-0.25, -0.2) is 4.98 Å². The van der Waals surface area contributed by atoms with Gasteiger partial charge in [0, 0.05) is 26.0 Å². The van der Waals surface area contributed by atoms with Crippen molar-refractivity contribution in [3.8, 4) is 5.75 Å². The number of benzene rings is 1. The summed E-state index contributed by atoms with van der Waals surface area (Å²) in [6.07, 6.45) is 4.72. The van der Waals surface area contributed by atoms with E-state index in [1.165, 1.54) is 0 Å². The Hall–Kier alpha value is -2.30. The van der Waals surface area contributed by atoms with Crippen molar-refractivity contribution in [3.05, 3.63) is 48.0 Å². The van der Waals surface area contributed by atoms with E-state index in [9.17, 15) is 4.79 Å². The molecule has 5 nitrogen and oxygen atoms in total. The Bertz CT molecular complexity index is 666. The van der Waals surface area contributed by atoms with Crippen LogP contribution in [0.15, 0.2) is 36.7 Å². The molecule has 0 spiro atoms. The third-order valence-corrected chi connectivity index (χ3v) is 4.36. The molecule has 1 aromatic heterocycles. The maximum absolute atomic E-state index is 12.4. The van der Waals surface area contributed by atoms with Gasteiger partial charge in [0.2, 0.25) is 0 Å². The van der Waals surface area contributed by atoms with Crippen molar-refractivity contribution in [1.29, 1.82) is 0 Å². The summed E-state index contributed by atoms with van der Waals surface area (Å²) in [7, 11) is 1.78. The first-order valence-electron chi connectivity index (χ1n) is 8.52. The number of aryl methyl sites for hydroxylation is 1. The van der Waals surface area contributed by atoms with E-state index in [0.29, 0.717) is 12.5 Å². The summed E-state index contributed by atoms with van der Waals surface area (Å²) in [6.45, 7) is 7.74. The van der Waals surface area contributed by atoms with Crippen molar-refractivity contribution in [2.75, 3.05) is 13.7 Å². The second kappa shape index (κ2) is 8.52. The number of ether oxygens (including phenoxy) is 1. The summed E-state index contributed by atoms with van der Waals surface area (Å²) in [5.41, 5.74) is 1.15. The smallest absolute Gasteiger partial charge is 0.260 e. The number of para-hydroxylation sites is 1. The molecular weight excluding hydrogens is 302 g/mol.